The zero-order valence-electron chi connectivity index (χ0n) is 14.2. The van der Waals surface area contributed by atoms with Crippen LogP contribution in [0.15, 0.2) is 72.8 Å². The highest BCUT2D eigenvalue weighted by atomic mass is 79.9. The van der Waals surface area contributed by atoms with Crippen molar-refractivity contribution in [3.05, 3.63) is 53.0 Å². The summed E-state index contributed by atoms with van der Waals surface area (Å²) in [7, 11) is -3.60. The molecule has 0 unspecified atom stereocenters. The fourth-order valence-corrected chi connectivity index (χ4v) is 4.30. The molecule has 9 heteroatoms. The summed E-state index contributed by atoms with van der Waals surface area (Å²) < 4.78 is 26.3. The maximum atomic E-state index is 12.8. The van der Waals surface area contributed by atoms with Crippen LogP contribution in [0, 0.1) is 0 Å². The van der Waals surface area contributed by atoms with E-state index >= 15 is 0 Å². The number of sulfone groups is 1. The van der Waals surface area contributed by atoms with E-state index in [9.17, 15) is 8.42 Å². The Kier molecular flexibility index (Phi) is 4.53. The predicted molar refractivity (Wildman–Crippen MR) is 106 cm³/mol. The summed E-state index contributed by atoms with van der Waals surface area (Å²) in [5.74, 6) is 0.309. The molecule has 0 bridgehead atoms. The van der Waals surface area contributed by atoms with Gasteiger partial charge in [0, 0.05) is 10.2 Å². The average molecular weight is 436 g/mol. The van der Waals surface area contributed by atoms with Crippen molar-refractivity contribution < 1.29 is 8.42 Å². The van der Waals surface area contributed by atoms with Crippen molar-refractivity contribution in [2.24, 2.45) is 21.5 Å². The van der Waals surface area contributed by atoms with Crippen molar-refractivity contribution in [3.8, 4) is 0 Å². The first-order chi connectivity index (χ1) is 12.1. The summed E-state index contributed by atoms with van der Waals surface area (Å²) in [6.07, 6.45) is 0. The molecule has 0 radical (unpaired) electrons. The van der Waals surface area contributed by atoms with Crippen LogP contribution in [0.2, 0.25) is 0 Å². The predicted octanol–water partition coefficient (Wildman–Crippen LogP) is 2.47. The fourth-order valence-electron chi connectivity index (χ4n) is 2.78. The summed E-state index contributed by atoms with van der Waals surface area (Å²) in [5.41, 5.74) is 11.6. The van der Waals surface area contributed by atoms with Gasteiger partial charge in [0.05, 0.1) is 9.79 Å². The highest BCUT2D eigenvalue weighted by Crippen LogP contribution is 2.30. The van der Waals surface area contributed by atoms with Crippen molar-refractivity contribution in [2.75, 3.05) is 4.90 Å². The number of nitrogens with zero attached hydrogens (tertiary/aromatic N) is 3. The van der Waals surface area contributed by atoms with Crippen molar-refractivity contribution >= 4 is 43.4 Å². The second-order valence-corrected chi connectivity index (χ2v) is 9.09. The van der Waals surface area contributed by atoms with Gasteiger partial charge >= 0.3 is 0 Å². The second kappa shape index (κ2) is 6.40. The molecule has 1 heterocycles. The lowest BCUT2D eigenvalue weighted by Gasteiger charge is -2.38. The van der Waals surface area contributed by atoms with Gasteiger partial charge in [0.25, 0.3) is 0 Å². The van der Waals surface area contributed by atoms with E-state index in [0.717, 1.165) is 4.47 Å². The van der Waals surface area contributed by atoms with Gasteiger partial charge in [-0.15, -0.1) is 0 Å². The minimum Gasteiger partial charge on any atom is -0.369 e. The lowest BCUT2D eigenvalue weighted by molar-refractivity contribution is 0.534. The monoisotopic (exact) mass is 435 g/mol. The number of halogens is 1. The molecule has 0 fully saturated rings. The van der Waals surface area contributed by atoms with Crippen LogP contribution < -0.4 is 16.4 Å². The van der Waals surface area contributed by atoms with E-state index in [1.807, 2.05) is 13.8 Å². The third-order valence-electron chi connectivity index (χ3n) is 3.92. The Hall–Kier alpha value is -2.39. The van der Waals surface area contributed by atoms with Crippen LogP contribution in [0.1, 0.15) is 13.8 Å². The molecule has 7 nitrogen and oxygen atoms in total. The van der Waals surface area contributed by atoms with Gasteiger partial charge in [-0.05, 0) is 62.4 Å². The highest BCUT2D eigenvalue weighted by Gasteiger charge is 2.33. The first-order valence-electron chi connectivity index (χ1n) is 7.72. The normalized spacial score (nSPS) is 16.8. The van der Waals surface area contributed by atoms with Crippen molar-refractivity contribution in [1.29, 1.82) is 0 Å². The molecule has 0 saturated heterocycles. The average Bonchev–Trinajstić information content (AvgIpc) is 2.54. The smallest absolute Gasteiger partial charge is 0.220 e. The van der Waals surface area contributed by atoms with Gasteiger partial charge in [0.2, 0.25) is 21.8 Å². The molecule has 0 saturated carbocycles. The zero-order valence-corrected chi connectivity index (χ0v) is 16.6. The number of anilines is 1. The molecule has 2 aromatic rings. The fraction of sp³-hybridized carbons (Fsp3) is 0.176. The molecule has 0 spiro atoms. The first kappa shape index (κ1) is 18.4. The molecule has 0 aromatic heterocycles. The molecule has 0 atom stereocenters. The van der Waals surface area contributed by atoms with Gasteiger partial charge in [-0.25, -0.2) is 13.4 Å². The molecule has 1 aliphatic rings. The Morgan fingerprint density at radius 2 is 1.46 bits per heavy atom. The van der Waals surface area contributed by atoms with Crippen LogP contribution in [-0.4, -0.2) is 26.0 Å². The van der Waals surface area contributed by atoms with Gasteiger partial charge in [-0.1, -0.05) is 15.9 Å². The molecule has 0 amide bonds. The van der Waals surface area contributed by atoms with Gasteiger partial charge in [-0.2, -0.15) is 4.99 Å². The van der Waals surface area contributed by atoms with Gasteiger partial charge in [0.15, 0.2) is 0 Å². The summed E-state index contributed by atoms with van der Waals surface area (Å²) in [6, 6.07) is 12.9. The molecular formula is C17H18BrN5O2S. The largest absolute Gasteiger partial charge is 0.369 e. The number of rotatable bonds is 3. The molecular weight excluding hydrogens is 418 g/mol. The van der Waals surface area contributed by atoms with Crippen LogP contribution >= 0.6 is 15.9 Å². The zero-order chi connectivity index (χ0) is 19.1. The van der Waals surface area contributed by atoms with Crippen LogP contribution in [-0.2, 0) is 9.84 Å². The molecule has 136 valence electrons. The Morgan fingerprint density at radius 3 is 1.96 bits per heavy atom. The number of aliphatic imine (C=N–C) groups is 2. The number of nitrogens with two attached hydrogens (primary N) is 2. The quantitative estimate of drug-likeness (QED) is 0.767. The van der Waals surface area contributed by atoms with E-state index in [0.29, 0.717) is 5.69 Å². The maximum absolute atomic E-state index is 12.8. The molecule has 26 heavy (non-hydrogen) atoms. The molecule has 1 aliphatic heterocycles. The van der Waals surface area contributed by atoms with Gasteiger partial charge < -0.3 is 11.5 Å². The lowest BCUT2D eigenvalue weighted by atomic mass is 10.1. The highest BCUT2D eigenvalue weighted by molar-refractivity contribution is 9.10. The van der Waals surface area contributed by atoms with Crippen LogP contribution in [0.25, 0.3) is 0 Å². The van der Waals surface area contributed by atoms with Crippen LogP contribution in [0.5, 0.6) is 0 Å². The number of hydrogen-bond donors (Lipinski definition) is 2. The SMILES string of the molecule is CC1(C)N=C(N)N=C(N)N1c1ccc(S(=O)(=O)c2ccc(Br)cc2)cc1. The Morgan fingerprint density at radius 1 is 0.962 bits per heavy atom. The first-order valence-corrected chi connectivity index (χ1v) is 9.99. The van der Waals surface area contributed by atoms with Gasteiger partial charge in [0.1, 0.15) is 5.66 Å². The molecule has 4 N–H and O–H groups in total. The topological polar surface area (TPSA) is 114 Å². The van der Waals surface area contributed by atoms with Gasteiger partial charge in [-0.3, -0.25) is 4.90 Å². The lowest BCUT2D eigenvalue weighted by Crippen LogP contribution is -2.54. The van der Waals surface area contributed by atoms with E-state index in [4.69, 9.17) is 11.5 Å². The minimum absolute atomic E-state index is 0.109. The summed E-state index contributed by atoms with van der Waals surface area (Å²) in [5, 5.41) is 0. The number of guanidine groups is 2. The third kappa shape index (κ3) is 3.32. The Labute approximate surface area is 160 Å². The van der Waals surface area contributed by atoms with E-state index in [1.54, 1.807) is 41.3 Å². The summed E-state index contributed by atoms with van der Waals surface area (Å²) in [6.45, 7) is 3.68. The van der Waals surface area contributed by atoms with Crippen molar-refractivity contribution in [1.82, 2.24) is 0 Å². The number of hydrogen-bond acceptors (Lipinski definition) is 7. The van der Waals surface area contributed by atoms with Crippen LogP contribution in [0.3, 0.4) is 0 Å². The van der Waals surface area contributed by atoms with E-state index in [-0.39, 0.29) is 21.7 Å². The van der Waals surface area contributed by atoms with E-state index < -0.39 is 15.5 Å². The van der Waals surface area contributed by atoms with E-state index in [2.05, 4.69) is 25.9 Å². The molecule has 0 aliphatic carbocycles. The Bertz CT molecular complexity index is 996. The molecule has 3 rings (SSSR count). The van der Waals surface area contributed by atoms with E-state index in [1.165, 1.54) is 12.1 Å². The molecule has 2 aromatic carbocycles. The standard InChI is InChI=1S/C17H18BrN5O2S/c1-17(2)22-15(19)21-16(20)23(17)12-5-9-14(10-6-12)26(24,25)13-7-3-11(18)4-8-13/h3-10H,1-2H3,(H4,19,20,21,22). The van der Waals surface area contributed by atoms with Crippen molar-refractivity contribution in [3.63, 3.8) is 0 Å². The minimum atomic E-state index is -3.60. The third-order valence-corrected chi connectivity index (χ3v) is 6.24. The van der Waals surface area contributed by atoms with Crippen LogP contribution in [0.4, 0.5) is 5.69 Å². The summed E-state index contributed by atoms with van der Waals surface area (Å²) in [4.78, 5) is 10.4. The Balaban J connectivity index is 1.97. The maximum Gasteiger partial charge on any atom is 0.220 e. The number of benzene rings is 2. The second-order valence-electron chi connectivity index (χ2n) is 6.22. The van der Waals surface area contributed by atoms with Crippen molar-refractivity contribution in [2.45, 2.75) is 29.3 Å². The summed E-state index contributed by atoms with van der Waals surface area (Å²) >= 11 is 3.30.